The second-order valence-electron chi connectivity index (χ2n) is 10.4. The van der Waals surface area contributed by atoms with Crippen molar-refractivity contribution in [1.29, 1.82) is 0 Å². The molecule has 38 heavy (non-hydrogen) atoms. The van der Waals surface area contributed by atoms with Crippen molar-refractivity contribution in [2.75, 3.05) is 6.54 Å². The van der Waals surface area contributed by atoms with Gasteiger partial charge in [-0.15, -0.1) is 0 Å². The standard InChI is InChI=1S/C28H39F2N5O3/c1-5-20-8-6-7-13-35(20)26(37)15-23(33-25(36)12-9-17(2)3)28(38)32-18(4)27-31-16-24(34-27)21-11-10-19(29)14-22(21)30/h10-11,14,16-18,20,23H,5-9,12-13,15H2,1-4H3,(H,31,34)(H,32,38)(H,33,36)/t18-,20-,23-/m0/s1. The van der Waals surface area contributed by atoms with Crippen molar-refractivity contribution in [3.8, 4) is 11.3 Å². The van der Waals surface area contributed by atoms with E-state index in [0.29, 0.717) is 30.4 Å². The molecule has 0 saturated carbocycles. The molecular weight excluding hydrogens is 492 g/mol. The van der Waals surface area contributed by atoms with E-state index in [1.807, 2.05) is 25.7 Å². The third kappa shape index (κ3) is 7.85. The lowest BCUT2D eigenvalue weighted by Crippen LogP contribution is -2.52. The van der Waals surface area contributed by atoms with Gasteiger partial charge in [-0.2, -0.15) is 0 Å². The summed E-state index contributed by atoms with van der Waals surface area (Å²) in [4.78, 5) is 48.2. The van der Waals surface area contributed by atoms with Crippen molar-refractivity contribution in [1.82, 2.24) is 25.5 Å². The second-order valence-corrected chi connectivity index (χ2v) is 10.4. The maximum atomic E-state index is 14.2. The Morgan fingerprint density at radius 3 is 2.61 bits per heavy atom. The molecule has 1 aliphatic heterocycles. The van der Waals surface area contributed by atoms with Crippen molar-refractivity contribution in [3.63, 3.8) is 0 Å². The van der Waals surface area contributed by atoms with Crippen LogP contribution in [0.25, 0.3) is 11.3 Å². The van der Waals surface area contributed by atoms with Crippen LogP contribution in [0, 0.1) is 17.6 Å². The van der Waals surface area contributed by atoms with Crippen molar-refractivity contribution >= 4 is 17.7 Å². The Bertz CT molecular complexity index is 1120. The number of benzene rings is 1. The highest BCUT2D eigenvalue weighted by Crippen LogP contribution is 2.24. The topological polar surface area (TPSA) is 107 Å². The van der Waals surface area contributed by atoms with E-state index < -0.39 is 29.6 Å². The SMILES string of the molecule is CC[C@H]1CCCCN1C(=O)C[C@H](NC(=O)CCC(C)C)C(=O)N[C@@H](C)c1ncc(-c2ccc(F)cc2F)[nH]1. The molecule has 3 amide bonds. The van der Waals surface area contributed by atoms with Crippen molar-refractivity contribution < 1.29 is 23.2 Å². The molecule has 2 heterocycles. The summed E-state index contributed by atoms with van der Waals surface area (Å²) >= 11 is 0. The van der Waals surface area contributed by atoms with Crippen LogP contribution in [0.1, 0.15) is 84.5 Å². The molecule has 208 valence electrons. The summed E-state index contributed by atoms with van der Waals surface area (Å²) in [7, 11) is 0. The normalized spacial score (nSPS) is 17.2. The minimum atomic E-state index is -1.03. The van der Waals surface area contributed by atoms with Gasteiger partial charge in [-0.25, -0.2) is 13.8 Å². The zero-order valence-corrected chi connectivity index (χ0v) is 22.7. The Kier molecular flexibility index (Phi) is 10.4. The lowest BCUT2D eigenvalue weighted by molar-refractivity contribution is -0.139. The van der Waals surface area contributed by atoms with Gasteiger partial charge in [-0.05, 0) is 57.1 Å². The zero-order valence-electron chi connectivity index (χ0n) is 22.7. The first-order chi connectivity index (χ1) is 18.1. The Labute approximate surface area is 223 Å². The molecule has 0 unspecified atom stereocenters. The average Bonchev–Trinajstić information content (AvgIpc) is 3.37. The fourth-order valence-electron chi connectivity index (χ4n) is 4.72. The predicted molar refractivity (Wildman–Crippen MR) is 141 cm³/mol. The molecule has 1 fully saturated rings. The van der Waals surface area contributed by atoms with Crippen LogP contribution in [0.5, 0.6) is 0 Å². The summed E-state index contributed by atoms with van der Waals surface area (Å²) in [6.45, 7) is 8.42. The van der Waals surface area contributed by atoms with Gasteiger partial charge in [0.1, 0.15) is 23.5 Å². The third-order valence-corrected chi connectivity index (χ3v) is 6.98. The molecule has 3 rings (SSSR count). The Morgan fingerprint density at radius 2 is 1.92 bits per heavy atom. The van der Waals surface area contributed by atoms with Crippen LogP contribution in [-0.2, 0) is 14.4 Å². The number of halogens is 2. The summed E-state index contributed by atoms with van der Waals surface area (Å²) in [6, 6.07) is 1.74. The molecule has 1 saturated heterocycles. The van der Waals surface area contributed by atoms with Crippen LogP contribution in [0.3, 0.4) is 0 Å². The van der Waals surface area contributed by atoms with Gasteiger partial charge in [0.2, 0.25) is 17.7 Å². The van der Waals surface area contributed by atoms with Crippen LogP contribution >= 0.6 is 0 Å². The van der Waals surface area contributed by atoms with E-state index in [0.717, 1.165) is 37.8 Å². The fraction of sp³-hybridized carbons (Fsp3) is 0.571. The highest BCUT2D eigenvalue weighted by Gasteiger charge is 2.31. The smallest absolute Gasteiger partial charge is 0.243 e. The number of hydrogen-bond acceptors (Lipinski definition) is 4. The van der Waals surface area contributed by atoms with E-state index in [9.17, 15) is 23.2 Å². The summed E-state index contributed by atoms with van der Waals surface area (Å²) in [5.74, 6) is -1.67. The highest BCUT2D eigenvalue weighted by molar-refractivity contribution is 5.92. The van der Waals surface area contributed by atoms with Gasteiger partial charge < -0.3 is 20.5 Å². The molecule has 2 aromatic rings. The Balaban J connectivity index is 1.72. The van der Waals surface area contributed by atoms with Gasteiger partial charge in [0.05, 0.1) is 24.4 Å². The molecule has 1 aromatic carbocycles. The number of aromatic amines is 1. The summed E-state index contributed by atoms with van der Waals surface area (Å²) < 4.78 is 27.5. The van der Waals surface area contributed by atoms with Gasteiger partial charge in [0, 0.05) is 30.6 Å². The minimum absolute atomic E-state index is 0.132. The molecule has 3 atom stereocenters. The summed E-state index contributed by atoms with van der Waals surface area (Å²) in [6.07, 6.45) is 5.98. The van der Waals surface area contributed by atoms with E-state index in [4.69, 9.17) is 0 Å². The average molecular weight is 532 g/mol. The van der Waals surface area contributed by atoms with E-state index in [-0.39, 0.29) is 36.3 Å². The first kappa shape index (κ1) is 29.3. The number of amides is 3. The Hall–Kier alpha value is -3.30. The third-order valence-electron chi connectivity index (χ3n) is 6.98. The van der Waals surface area contributed by atoms with E-state index in [1.54, 1.807) is 6.92 Å². The number of carbonyl (C=O) groups excluding carboxylic acids is 3. The molecule has 0 aliphatic carbocycles. The number of hydrogen-bond donors (Lipinski definition) is 3. The van der Waals surface area contributed by atoms with Gasteiger partial charge in [0.25, 0.3) is 0 Å². The van der Waals surface area contributed by atoms with Crippen molar-refractivity contribution in [2.24, 2.45) is 5.92 Å². The molecule has 1 aromatic heterocycles. The van der Waals surface area contributed by atoms with E-state index in [2.05, 4.69) is 20.6 Å². The van der Waals surface area contributed by atoms with Crippen LogP contribution in [0.15, 0.2) is 24.4 Å². The predicted octanol–water partition coefficient (Wildman–Crippen LogP) is 4.63. The van der Waals surface area contributed by atoms with E-state index in [1.165, 1.54) is 12.3 Å². The first-order valence-corrected chi connectivity index (χ1v) is 13.5. The maximum absolute atomic E-state index is 14.2. The monoisotopic (exact) mass is 531 g/mol. The molecule has 0 spiro atoms. The largest absolute Gasteiger partial charge is 0.345 e. The lowest BCUT2D eigenvalue weighted by Gasteiger charge is -2.36. The quantitative estimate of drug-likeness (QED) is 0.393. The number of likely N-dealkylation sites (tertiary alicyclic amines) is 1. The van der Waals surface area contributed by atoms with Gasteiger partial charge in [-0.1, -0.05) is 20.8 Å². The van der Waals surface area contributed by atoms with Crippen LogP contribution in [0.2, 0.25) is 0 Å². The zero-order chi connectivity index (χ0) is 27.8. The van der Waals surface area contributed by atoms with Crippen molar-refractivity contribution in [3.05, 3.63) is 41.9 Å². The molecule has 10 heteroatoms. The number of nitrogens with zero attached hydrogens (tertiary/aromatic N) is 2. The number of nitrogens with one attached hydrogen (secondary N) is 3. The number of rotatable bonds is 11. The molecule has 0 radical (unpaired) electrons. The Morgan fingerprint density at radius 1 is 1.16 bits per heavy atom. The molecule has 1 aliphatic rings. The van der Waals surface area contributed by atoms with E-state index >= 15 is 0 Å². The second kappa shape index (κ2) is 13.5. The highest BCUT2D eigenvalue weighted by atomic mass is 19.1. The lowest BCUT2D eigenvalue weighted by atomic mass is 9.98. The number of carbonyl (C=O) groups is 3. The van der Waals surface area contributed by atoms with Crippen LogP contribution in [0.4, 0.5) is 8.78 Å². The minimum Gasteiger partial charge on any atom is -0.345 e. The number of piperidine rings is 1. The van der Waals surface area contributed by atoms with Crippen LogP contribution in [-0.4, -0.2) is 51.2 Å². The summed E-state index contributed by atoms with van der Waals surface area (Å²) in [5.41, 5.74) is 0.486. The molecule has 8 nitrogen and oxygen atoms in total. The number of imidazole rings is 1. The molecule has 3 N–H and O–H groups in total. The number of aromatic nitrogens is 2. The number of H-pyrrole nitrogens is 1. The van der Waals surface area contributed by atoms with Crippen molar-refractivity contribution in [2.45, 2.75) is 90.8 Å². The van der Waals surface area contributed by atoms with Gasteiger partial charge in [0.15, 0.2) is 0 Å². The summed E-state index contributed by atoms with van der Waals surface area (Å²) in [5, 5.41) is 5.58. The molecule has 0 bridgehead atoms. The molecular formula is C28H39F2N5O3. The van der Waals surface area contributed by atoms with Gasteiger partial charge >= 0.3 is 0 Å². The first-order valence-electron chi connectivity index (χ1n) is 13.5. The maximum Gasteiger partial charge on any atom is 0.243 e. The van der Waals surface area contributed by atoms with Crippen LogP contribution < -0.4 is 10.6 Å². The van der Waals surface area contributed by atoms with Gasteiger partial charge in [-0.3, -0.25) is 14.4 Å². The fourth-order valence-corrected chi connectivity index (χ4v) is 4.72.